The zero-order chi connectivity index (χ0) is 12.8. The van der Waals surface area contributed by atoms with Gasteiger partial charge in [0.1, 0.15) is 0 Å². The summed E-state index contributed by atoms with van der Waals surface area (Å²) in [6, 6.07) is 2.38. The fourth-order valence-corrected chi connectivity index (χ4v) is 1.20. The first-order chi connectivity index (χ1) is 8.08. The summed E-state index contributed by atoms with van der Waals surface area (Å²) >= 11 is 0. The normalized spacial score (nSPS) is 10.5. The van der Waals surface area contributed by atoms with Gasteiger partial charge >= 0.3 is 5.97 Å². The van der Waals surface area contributed by atoms with Gasteiger partial charge in [-0.2, -0.15) is 0 Å². The molecule has 0 radical (unpaired) electrons. The number of rotatable bonds is 4. The second kappa shape index (κ2) is 5.79. The van der Waals surface area contributed by atoms with E-state index in [2.05, 4.69) is 4.74 Å². The van der Waals surface area contributed by atoms with E-state index in [-0.39, 0.29) is 12.0 Å². The first-order valence-corrected chi connectivity index (χ1v) is 4.79. The number of carbonyl (C=O) groups excluding carboxylic acids is 2. The summed E-state index contributed by atoms with van der Waals surface area (Å²) in [5, 5.41) is 9.17. The molecule has 0 heterocycles. The predicted molar refractivity (Wildman–Crippen MR) is 59.1 cm³/mol. The lowest BCUT2D eigenvalue weighted by Crippen LogP contribution is -1.96. The quantitative estimate of drug-likeness (QED) is 0.643. The molecule has 1 aromatic carbocycles. The van der Waals surface area contributed by atoms with Crippen LogP contribution < -0.4 is 0 Å². The number of phenols is 1. The summed E-state index contributed by atoms with van der Waals surface area (Å²) < 4.78 is 17.6. The number of methoxy groups -OCH3 is 1. The van der Waals surface area contributed by atoms with Gasteiger partial charge in [-0.15, -0.1) is 0 Å². The van der Waals surface area contributed by atoms with Crippen LogP contribution in [0.1, 0.15) is 22.3 Å². The third kappa shape index (κ3) is 3.41. The summed E-state index contributed by atoms with van der Waals surface area (Å²) in [5.41, 5.74) is 0.244. The Kier molecular flexibility index (Phi) is 4.39. The second-order valence-corrected chi connectivity index (χ2v) is 3.24. The number of hydrogen-bond acceptors (Lipinski definition) is 4. The number of esters is 1. The first kappa shape index (κ1) is 12.9. The van der Waals surface area contributed by atoms with Gasteiger partial charge in [0.15, 0.2) is 17.9 Å². The van der Waals surface area contributed by atoms with Gasteiger partial charge in [-0.05, 0) is 17.7 Å². The monoisotopic (exact) mass is 238 g/mol. The summed E-state index contributed by atoms with van der Waals surface area (Å²) in [6.07, 6.45) is 3.35. The molecule has 0 amide bonds. The molecule has 1 N–H and O–H groups in total. The molecule has 0 aliphatic heterocycles. The van der Waals surface area contributed by atoms with Crippen molar-refractivity contribution in [3.63, 3.8) is 0 Å². The van der Waals surface area contributed by atoms with Crippen LogP contribution in [0.5, 0.6) is 5.75 Å². The minimum Gasteiger partial charge on any atom is -0.504 e. The van der Waals surface area contributed by atoms with E-state index in [1.807, 2.05) is 0 Å². The molecule has 0 aliphatic rings. The fourth-order valence-electron chi connectivity index (χ4n) is 1.20. The highest BCUT2D eigenvalue weighted by atomic mass is 19.1. The van der Waals surface area contributed by atoms with Crippen molar-refractivity contribution in [1.29, 1.82) is 0 Å². The molecular formula is C12H11FO4. The molecule has 4 nitrogen and oxygen atoms in total. The molecule has 0 saturated heterocycles. The largest absolute Gasteiger partial charge is 0.504 e. The van der Waals surface area contributed by atoms with E-state index in [4.69, 9.17) is 5.11 Å². The highest BCUT2D eigenvalue weighted by Crippen LogP contribution is 2.22. The van der Waals surface area contributed by atoms with Gasteiger partial charge < -0.3 is 9.84 Å². The Labute approximate surface area is 97.3 Å². The number of aldehydes is 1. The van der Waals surface area contributed by atoms with Gasteiger partial charge in [-0.25, -0.2) is 4.39 Å². The summed E-state index contributed by atoms with van der Waals surface area (Å²) in [7, 11) is 1.26. The molecule has 0 aliphatic carbocycles. The molecule has 1 rings (SSSR count). The maximum Gasteiger partial charge on any atom is 0.309 e. The molecule has 1 aromatic rings. The Morgan fingerprint density at radius 1 is 1.53 bits per heavy atom. The van der Waals surface area contributed by atoms with Gasteiger partial charge in [0.25, 0.3) is 0 Å². The maximum absolute atomic E-state index is 13.1. The van der Waals surface area contributed by atoms with E-state index in [1.165, 1.54) is 25.3 Å². The number of halogens is 1. The van der Waals surface area contributed by atoms with Crippen LogP contribution in [-0.4, -0.2) is 24.5 Å². The molecule has 0 atom stereocenters. The Bertz CT molecular complexity index is 466. The molecular weight excluding hydrogens is 227 g/mol. The number of aromatic hydroxyl groups is 1. The Hall–Kier alpha value is -2.17. The summed E-state index contributed by atoms with van der Waals surface area (Å²) in [6.45, 7) is 0. The Balaban J connectivity index is 2.89. The van der Waals surface area contributed by atoms with Crippen LogP contribution in [0.3, 0.4) is 0 Å². The van der Waals surface area contributed by atoms with Crippen molar-refractivity contribution in [2.24, 2.45) is 0 Å². The highest BCUT2D eigenvalue weighted by molar-refractivity contribution is 5.81. The van der Waals surface area contributed by atoms with Crippen molar-refractivity contribution in [1.82, 2.24) is 0 Å². The van der Waals surface area contributed by atoms with Crippen LogP contribution in [0.15, 0.2) is 18.2 Å². The standard InChI is InChI=1S/C12H11FO4/c1-17-11(15)4-2-3-8-5-9(7-14)12(16)10(13)6-8/h2-3,5-7,16H,4H2,1H3. The van der Waals surface area contributed by atoms with Crippen LogP contribution >= 0.6 is 0 Å². The van der Waals surface area contributed by atoms with E-state index in [0.29, 0.717) is 11.8 Å². The summed E-state index contributed by atoms with van der Waals surface area (Å²) in [5.74, 6) is -1.98. The van der Waals surface area contributed by atoms with E-state index in [1.54, 1.807) is 0 Å². The SMILES string of the molecule is COC(=O)CC=Cc1cc(F)c(O)c(C=O)c1. The Morgan fingerprint density at radius 2 is 2.24 bits per heavy atom. The van der Waals surface area contributed by atoms with Crippen molar-refractivity contribution in [3.05, 3.63) is 35.2 Å². The van der Waals surface area contributed by atoms with Crippen molar-refractivity contribution in [3.8, 4) is 5.75 Å². The first-order valence-electron chi connectivity index (χ1n) is 4.79. The third-order valence-electron chi connectivity index (χ3n) is 2.06. The van der Waals surface area contributed by atoms with Crippen molar-refractivity contribution >= 4 is 18.3 Å². The number of hydrogen-bond donors (Lipinski definition) is 1. The maximum atomic E-state index is 13.1. The van der Waals surface area contributed by atoms with Gasteiger partial charge in [-0.1, -0.05) is 12.2 Å². The van der Waals surface area contributed by atoms with Crippen molar-refractivity contribution in [2.75, 3.05) is 7.11 Å². The average Bonchev–Trinajstić information content (AvgIpc) is 2.33. The van der Waals surface area contributed by atoms with Crippen LogP contribution in [0, 0.1) is 5.82 Å². The topological polar surface area (TPSA) is 63.6 Å². The molecule has 0 aromatic heterocycles. The highest BCUT2D eigenvalue weighted by Gasteiger charge is 2.07. The number of benzene rings is 1. The molecule has 5 heteroatoms. The van der Waals surface area contributed by atoms with E-state index in [9.17, 15) is 14.0 Å². The number of carbonyl (C=O) groups is 2. The molecule has 17 heavy (non-hydrogen) atoms. The van der Waals surface area contributed by atoms with Gasteiger partial charge in [0.2, 0.25) is 0 Å². The molecule has 0 fully saturated rings. The second-order valence-electron chi connectivity index (χ2n) is 3.24. The minimum atomic E-state index is -0.882. The van der Waals surface area contributed by atoms with E-state index in [0.717, 1.165) is 6.07 Å². The lowest BCUT2D eigenvalue weighted by molar-refractivity contribution is -0.139. The molecule has 0 saturated carbocycles. The van der Waals surface area contributed by atoms with Crippen LogP contribution in [0.4, 0.5) is 4.39 Å². The number of phenolic OH excluding ortho intramolecular Hbond substituents is 1. The fraction of sp³-hybridized carbons (Fsp3) is 0.167. The number of ether oxygens (including phenoxy) is 1. The van der Waals surface area contributed by atoms with Crippen LogP contribution in [0.2, 0.25) is 0 Å². The molecule has 0 spiro atoms. The average molecular weight is 238 g/mol. The third-order valence-corrected chi connectivity index (χ3v) is 2.06. The zero-order valence-corrected chi connectivity index (χ0v) is 9.14. The Morgan fingerprint density at radius 3 is 2.82 bits per heavy atom. The minimum absolute atomic E-state index is 0.0510. The van der Waals surface area contributed by atoms with Gasteiger partial charge in [0.05, 0.1) is 19.1 Å². The van der Waals surface area contributed by atoms with Gasteiger partial charge in [-0.3, -0.25) is 9.59 Å². The predicted octanol–water partition coefficient (Wildman–Crippen LogP) is 1.92. The van der Waals surface area contributed by atoms with Crippen LogP contribution in [-0.2, 0) is 9.53 Å². The van der Waals surface area contributed by atoms with Crippen molar-refractivity contribution in [2.45, 2.75) is 6.42 Å². The van der Waals surface area contributed by atoms with Crippen LogP contribution in [0.25, 0.3) is 6.08 Å². The van der Waals surface area contributed by atoms with Gasteiger partial charge in [0, 0.05) is 0 Å². The van der Waals surface area contributed by atoms with Crippen molar-refractivity contribution < 1.29 is 23.8 Å². The lowest BCUT2D eigenvalue weighted by atomic mass is 10.1. The lowest BCUT2D eigenvalue weighted by Gasteiger charge is -2.01. The van der Waals surface area contributed by atoms with E-state index >= 15 is 0 Å². The zero-order valence-electron chi connectivity index (χ0n) is 9.14. The molecule has 0 unspecified atom stereocenters. The summed E-state index contributed by atoms with van der Waals surface area (Å²) in [4.78, 5) is 21.3. The molecule has 90 valence electrons. The smallest absolute Gasteiger partial charge is 0.309 e. The van der Waals surface area contributed by atoms with E-state index < -0.39 is 17.5 Å². The molecule has 0 bridgehead atoms.